The molecule has 1 aromatic carbocycles. The fraction of sp³-hybridized carbons (Fsp3) is 0.400. The van der Waals surface area contributed by atoms with Gasteiger partial charge in [0.15, 0.2) is 6.29 Å². The molecule has 0 amide bonds. The number of hydrogen-bond acceptors (Lipinski definition) is 5. The molecule has 0 bridgehead atoms. The molecule has 1 aromatic rings. The van der Waals surface area contributed by atoms with E-state index in [0.717, 1.165) is 0 Å². The van der Waals surface area contributed by atoms with E-state index in [2.05, 4.69) is 0 Å². The third-order valence-corrected chi connectivity index (χ3v) is 2.93. The Kier molecular flexibility index (Phi) is 1.89. The molecule has 6 heteroatoms. The van der Waals surface area contributed by atoms with Crippen molar-refractivity contribution in [1.82, 2.24) is 0 Å². The lowest BCUT2D eigenvalue weighted by Crippen LogP contribution is -2.16. The van der Waals surface area contributed by atoms with E-state index in [1.807, 2.05) is 0 Å². The molecule has 1 fully saturated rings. The molecule has 0 spiro atoms. The van der Waals surface area contributed by atoms with Crippen molar-refractivity contribution >= 4 is 5.69 Å². The number of fused-ring (bicyclic) bond motifs is 3. The minimum absolute atomic E-state index is 0.0303. The highest BCUT2D eigenvalue weighted by Gasteiger charge is 2.46. The quantitative estimate of drug-likeness (QED) is 0.570. The zero-order valence-corrected chi connectivity index (χ0v) is 8.20. The van der Waals surface area contributed by atoms with Gasteiger partial charge in [0.25, 0.3) is 5.69 Å². The van der Waals surface area contributed by atoms with Crippen LogP contribution in [0.1, 0.15) is 17.9 Å². The monoisotopic (exact) mass is 223 g/mol. The van der Waals surface area contributed by atoms with Gasteiger partial charge in [0.05, 0.1) is 16.4 Å². The van der Waals surface area contributed by atoms with Crippen molar-refractivity contribution in [1.29, 1.82) is 0 Å². The summed E-state index contributed by atoms with van der Waals surface area (Å²) in [6, 6.07) is 4.69. The Morgan fingerprint density at radius 3 is 3.06 bits per heavy atom. The van der Waals surface area contributed by atoms with E-state index in [1.165, 1.54) is 6.07 Å². The highest BCUT2D eigenvalue weighted by atomic mass is 16.7. The molecule has 84 valence electrons. The fourth-order valence-corrected chi connectivity index (χ4v) is 2.29. The van der Waals surface area contributed by atoms with Crippen LogP contribution in [0.25, 0.3) is 0 Å². The highest BCUT2D eigenvalue weighted by Crippen LogP contribution is 2.49. The van der Waals surface area contributed by atoms with E-state index in [1.54, 1.807) is 12.1 Å². The zero-order chi connectivity index (χ0) is 11.3. The number of nitrogens with zero attached hydrogens (tertiary/aromatic N) is 1. The molecule has 1 N–H and O–H groups in total. The van der Waals surface area contributed by atoms with Gasteiger partial charge in [-0.1, -0.05) is 6.07 Å². The Morgan fingerprint density at radius 2 is 2.31 bits per heavy atom. The molecule has 6 nitrogen and oxygen atoms in total. The van der Waals surface area contributed by atoms with Crippen LogP contribution in [-0.4, -0.2) is 22.6 Å². The summed E-state index contributed by atoms with van der Waals surface area (Å²) in [6.07, 6.45) is -1.16. The average molecular weight is 223 g/mol. The Bertz CT molecular complexity index is 461. The van der Waals surface area contributed by atoms with Crippen LogP contribution >= 0.6 is 0 Å². The number of ether oxygens (including phenoxy) is 2. The molecule has 3 atom stereocenters. The second kappa shape index (κ2) is 3.16. The number of aliphatic hydroxyl groups excluding tert-OH is 1. The molecule has 0 radical (unpaired) electrons. The lowest BCUT2D eigenvalue weighted by atomic mass is 9.96. The predicted octanol–water partition coefficient (Wildman–Crippen LogP) is 1.14. The first-order chi connectivity index (χ1) is 7.66. The Morgan fingerprint density at radius 1 is 1.50 bits per heavy atom. The predicted molar refractivity (Wildman–Crippen MR) is 52.0 cm³/mol. The second-order valence-electron chi connectivity index (χ2n) is 3.87. The first kappa shape index (κ1) is 9.56. The van der Waals surface area contributed by atoms with E-state index in [-0.39, 0.29) is 11.6 Å². The number of benzene rings is 1. The Hall–Kier alpha value is -1.66. The maximum Gasteiger partial charge on any atom is 0.276 e. The van der Waals surface area contributed by atoms with Crippen LogP contribution in [0, 0.1) is 10.1 Å². The van der Waals surface area contributed by atoms with Crippen molar-refractivity contribution in [3.8, 4) is 5.75 Å². The van der Waals surface area contributed by atoms with Crippen LogP contribution in [0.2, 0.25) is 0 Å². The first-order valence-corrected chi connectivity index (χ1v) is 4.94. The van der Waals surface area contributed by atoms with Crippen molar-refractivity contribution in [2.75, 3.05) is 0 Å². The van der Waals surface area contributed by atoms with Gasteiger partial charge in [0, 0.05) is 12.5 Å². The second-order valence-corrected chi connectivity index (χ2v) is 3.87. The number of hydrogen-bond donors (Lipinski definition) is 1. The molecule has 16 heavy (non-hydrogen) atoms. The molecule has 2 aliphatic rings. The summed E-state index contributed by atoms with van der Waals surface area (Å²) in [5.41, 5.74) is 0.566. The van der Waals surface area contributed by atoms with Gasteiger partial charge in [-0.3, -0.25) is 10.1 Å². The largest absolute Gasteiger partial charge is 0.464 e. The summed E-state index contributed by atoms with van der Waals surface area (Å²) in [5, 5.41) is 20.2. The van der Waals surface area contributed by atoms with Crippen LogP contribution in [0.5, 0.6) is 5.75 Å². The van der Waals surface area contributed by atoms with Crippen molar-refractivity contribution < 1.29 is 19.5 Å². The summed E-state index contributed by atoms with van der Waals surface area (Å²) < 4.78 is 10.5. The highest BCUT2D eigenvalue weighted by molar-refractivity contribution is 5.54. The fourth-order valence-electron chi connectivity index (χ4n) is 2.29. The van der Waals surface area contributed by atoms with Gasteiger partial charge in [-0.15, -0.1) is 0 Å². The summed E-state index contributed by atoms with van der Waals surface area (Å²) >= 11 is 0. The smallest absolute Gasteiger partial charge is 0.276 e. The topological polar surface area (TPSA) is 81.8 Å². The number of nitro groups is 1. The lowest BCUT2D eigenvalue weighted by molar-refractivity contribution is -0.385. The maximum absolute atomic E-state index is 10.9. The van der Waals surface area contributed by atoms with Gasteiger partial charge in [-0.05, 0) is 6.07 Å². The summed E-state index contributed by atoms with van der Waals surface area (Å²) in [7, 11) is 0. The molecular weight excluding hydrogens is 214 g/mol. The van der Waals surface area contributed by atoms with Gasteiger partial charge >= 0.3 is 0 Å². The van der Waals surface area contributed by atoms with Crippen molar-refractivity contribution in [2.24, 2.45) is 0 Å². The molecule has 3 rings (SSSR count). The van der Waals surface area contributed by atoms with Gasteiger partial charge < -0.3 is 14.6 Å². The van der Waals surface area contributed by atoms with Crippen LogP contribution in [0.3, 0.4) is 0 Å². The Labute approximate surface area is 90.6 Å². The minimum Gasteiger partial charge on any atom is -0.464 e. The van der Waals surface area contributed by atoms with Crippen molar-refractivity contribution in [2.45, 2.75) is 24.9 Å². The molecule has 3 unspecified atom stereocenters. The number of nitro benzene ring substituents is 1. The number of rotatable bonds is 1. The molecule has 0 aliphatic carbocycles. The van der Waals surface area contributed by atoms with Gasteiger partial charge in [0.2, 0.25) is 6.29 Å². The van der Waals surface area contributed by atoms with Crippen LogP contribution < -0.4 is 4.74 Å². The SMILES string of the molecule is O=[N+]([O-])c1cccc2c1C1CC(O)OC1O2. The van der Waals surface area contributed by atoms with Gasteiger partial charge in [-0.25, -0.2) is 0 Å². The molecular formula is C10H9NO5. The van der Waals surface area contributed by atoms with Gasteiger partial charge in [0.1, 0.15) is 5.75 Å². The van der Waals surface area contributed by atoms with E-state index < -0.39 is 17.5 Å². The van der Waals surface area contributed by atoms with Gasteiger partial charge in [-0.2, -0.15) is 0 Å². The first-order valence-electron chi connectivity index (χ1n) is 4.94. The summed E-state index contributed by atoms with van der Waals surface area (Å²) in [6.45, 7) is 0. The third kappa shape index (κ3) is 1.20. The maximum atomic E-state index is 10.9. The molecule has 2 heterocycles. The van der Waals surface area contributed by atoms with E-state index in [4.69, 9.17) is 9.47 Å². The van der Waals surface area contributed by atoms with Crippen molar-refractivity contribution in [3.05, 3.63) is 33.9 Å². The van der Waals surface area contributed by atoms with E-state index in [0.29, 0.717) is 17.7 Å². The molecule has 2 aliphatic heterocycles. The lowest BCUT2D eigenvalue weighted by Gasteiger charge is -2.07. The van der Waals surface area contributed by atoms with Crippen LogP contribution in [0.15, 0.2) is 18.2 Å². The Balaban J connectivity index is 2.10. The zero-order valence-electron chi connectivity index (χ0n) is 8.20. The normalized spacial score (nSPS) is 30.7. The summed E-state index contributed by atoms with van der Waals surface area (Å²) in [4.78, 5) is 10.4. The molecule has 0 aromatic heterocycles. The average Bonchev–Trinajstić information content (AvgIpc) is 2.72. The minimum atomic E-state index is -0.900. The van der Waals surface area contributed by atoms with Crippen LogP contribution in [-0.2, 0) is 4.74 Å². The van der Waals surface area contributed by atoms with E-state index >= 15 is 0 Å². The standard InChI is InChI=1S/C10H9NO5/c12-8-4-5-9-6(11(13)14)2-1-3-7(9)15-10(5)16-8/h1-3,5,8,10,12H,4H2. The van der Waals surface area contributed by atoms with Crippen LogP contribution in [0.4, 0.5) is 5.69 Å². The third-order valence-electron chi connectivity index (χ3n) is 2.93. The molecule has 0 saturated carbocycles. The number of aliphatic hydroxyl groups is 1. The summed E-state index contributed by atoms with van der Waals surface area (Å²) in [5.74, 6) is 0.239. The van der Waals surface area contributed by atoms with E-state index in [9.17, 15) is 15.2 Å². The molecule has 1 saturated heterocycles. The van der Waals surface area contributed by atoms with Crippen molar-refractivity contribution in [3.63, 3.8) is 0 Å².